The number of benzene rings is 2. The lowest BCUT2D eigenvalue weighted by atomic mass is 10.0. The van der Waals surface area contributed by atoms with Gasteiger partial charge in [-0.3, -0.25) is 14.2 Å². The van der Waals surface area contributed by atoms with Gasteiger partial charge in [-0.15, -0.1) is 0 Å². The summed E-state index contributed by atoms with van der Waals surface area (Å²) in [6, 6.07) is 15.9. The molecule has 2 aromatic carbocycles. The number of aliphatic hydroxyl groups excluding tert-OH is 1. The highest BCUT2D eigenvalue weighted by atomic mass is 16.7. The number of nitrogens with one attached hydrogen (secondary N) is 1. The molecule has 0 bridgehead atoms. The van der Waals surface area contributed by atoms with Gasteiger partial charge in [0.15, 0.2) is 11.5 Å². The van der Waals surface area contributed by atoms with Crippen molar-refractivity contribution < 1.29 is 19.4 Å². The van der Waals surface area contributed by atoms with Gasteiger partial charge in [0.2, 0.25) is 6.79 Å². The standard InChI is InChI=1S/C23H22N2O5/c1-15-9-11-25(17-7-8-19-20(13-17)30-14-29-19)23(28)21(15)22(27)24-18(10-12-26)16-5-3-2-4-6-16/h2-9,11,13,18,26H,10,12,14H2,1H3,(H,24,27). The number of ether oxygens (including phenoxy) is 2. The lowest BCUT2D eigenvalue weighted by molar-refractivity contribution is 0.0927. The predicted octanol–water partition coefficient (Wildman–Crippen LogP) is 2.73. The summed E-state index contributed by atoms with van der Waals surface area (Å²) in [5, 5.41) is 12.3. The van der Waals surface area contributed by atoms with E-state index in [1.54, 1.807) is 37.4 Å². The third kappa shape index (κ3) is 3.79. The zero-order valence-corrected chi connectivity index (χ0v) is 16.5. The topological polar surface area (TPSA) is 89.8 Å². The molecule has 4 rings (SSSR count). The molecule has 1 atom stereocenters. The van der Waals surface area contributed by atoms with Crippen LogP contribution in [-0.2, 0) is 0 Å². The minimum atomic E-state index is -0.477. The third-order valence-electron chi connectivity index (χ3n) is 5.09. The largest absolute Gasteiger partial charge is 0.454 e. The van der Waals surface area contributed by atoms with Gasteiger partial charge in [0.25, 0.3) is 11.5 Å². The molecule has 0 saturated heterocycles. The SMILES string of the molecule is Cc1ccn(-c2ccc3c(c2)OCO3)c(=O)c1C(=O)NC(CCO)c1ccccc1. The second kappa shape index (κ2) is 8.42. The molecule has 1 aliphatic rings. The molecule has 1 amide bonds. The van der Waals surface area contributed by atoms with Crippen LogP contribution < -0.4 is 20.3 Å². The zero-order chi connectivity index (χ0) is 21.1. The Labute approximate surface area is 173 Å². The van der Waals surface area contributed by atoms with Gasteiger partial charge in [0.1, 0.15) is 5.56 Å². The number of carbonyl (C=O) groups excluding carboxylic acids is 1. The van der Waals surface area contributed by atoms with Crippen LogP contribution in [0.25, 0.3) is 5.69 Å². The Morgan fingerprint density at radius 2 is 1.90 bits per heavy atom. The quantitative estimate of drug-likeness (QED) is 0.657. The predicted molar refractivity (Wildman–Crippen MR) is 111 cm³/mol. The van der Waals surface area contributed by atoms with Crippen molar-refractivity contribution in [1.82, 2.24) is 9.88 Å². The van der Waals surface area contributed by atoms with Gasteiger partial charge >= 0.3 is 0 Å². The number of aryl methyl sites for hydroxylation is 1. The minimum Gasteiger partial charge on any atom is -0.454 e. The van der Waals surface area contributed by atoms with Crippen LogP contribution in [0.4, 0.5) is 0 Å². The molecule has 0 spiro atoms. The van der Waals surface area contributed by atoms with Crippen molar-refractivity contribution in [3.05, 3.63) is 87.8 Å². The Bertz CT molecular complexity index is 1120. The number of hydrogen-bond acceptors (Lipinski definition) is 5. The number of pyridine rings is 1. The molecular weight excluding hydrogens is 384 g/mol. The Morgan fingerprint density at radius 3 is 2.67 bits per heavy atom. The van der Waals surface area contributed by atoms with Crippen molar-refractivity contribution in [3.63, 3.8) is 0 Å². The number of aliphatic hydroxyl groups is 1. The molecule has 1 aliphatic heterocycles. The highest BCUT2D eigenvalue weighted by Crippen LogP contribution is 2.33. The highest BCUT2D eigenvalue weighted by Gasteiger charge is 2.21. The van der Waals surface area contributed by atoms with Crippen molar-refractivity contribution in [2.24, 2.45) is 0 Å². The fourth-order valence-corrected chi connectivity index (χ4v) is 3.51. The first-order chi connectivity index (χ1) is 14.6. The van der Waals surface area contributed by atoms with Crippen LogP contribution in [0, 0.1) is 6.92 Å². The Balaban J connectivity index is 1.67. The minimum absolute atomic E-state index is 0.0639. The van der Waals surface area contributed by atoms with Crippen LogP contribution in [0.1, 0.15) is 33.9 Å². The van der Waals surface area contributed by atoms with Gasteiger partial charge in [-0.05, 0) is 42.7 Å². The number of nitrogens with zero attached hydrogens (tertiary/aromatic N) is 1. The molecule has 30 heavy (non-hydrogen) atoms. The summed E-state index contributed by atoms with van der Waals surface area (Å²) in [4.78, 5) is 26.3. The van der Waals surface area contributed by atoms with E-state index in [2.05, 4.69) is 5.32 Å². The van der Waals surface area contributed by atoms with Gasteiger partial charge in [0, 0.05) is 18.9 Å². The van der Waals surface area contributed by atoms with Crippen LogP contribution in [0.15, 0.2) is 65.6 Å². The summed E-state index contributed by atoms with van der Waals surface area (Å²) >= 11 is 0. The highest BCUT2D eigenvalue weighted by molar-refractivity contribution is 5.95. The van der Waals surface area contributed by atoms with E-state index in [0.717, 1.165) is 5.56 Å². The molecule has 0 saturated carbocycles. The molecule has 7 heteroatoms. The number of aromatic nitrogens is 1. The van der Waals surface area contributed by atoms with E-state index in [1.807, 2.05) is 30.3 Å². The molecule has 2 heterocycles. The molecular formula is C23H22N2O5. The summed E-state index contributed by atoms with van der Waals surface area (Å²) in [7, 11) is 0. The summed E-state index contributed by atoms with van der Waals surface area (Å²) < 4.78 is 12.1. The Morgan fingerprint density at radius 1 is 1.13 bits per heavy atom. The molecule has 154 valence electrons. The van der Waals surface area contributed by atoms with Crippen molar-refractivity contribution >= 4 is 5.91 Å². The molecule has 0 radical (unpaired) electrons. The molecule has 3 aromatic rings. The molecule has 1 aromatic heterocycles. The van der Waals surface area contributed by atoms with Crippen molar-refractivity contribution in [2.45, 2.75) is 19.4 Å². The maximum atomic E-state index is 13.2. The Hall–Kier alpha value is -3.58. The fourth-order valence-electron chi connectivity index (χ4n) is 3.51. The van der Waals surface area contributed by atoms with Gasteiger partial charge in [-0.25, -0.2) is 0 Å². The van der Waals surface area contributed by atoms with Gasteiger partial charge in [-0.1, -0.05) is 30.3 Å². The fraction of sp³-hybridized carbons (Fsp3) is 0.217. The van der Waals surface area contributed by atoms with Crippen LogP contribution in [0.2, 0.25) is 0 Å². The number of hydrogen-bond donors (Lipinski definition) is 2. The van der Waals surface area contributed by atoms with Crippen LogP contribution >= 0.6 is 0 Å². The smallest absolute Gasteiger partial charge is 0.268 e. The van der Waals surface area contributed by atoms with Gasteiger partial charge in [0.05, 0.1) is 11.7 Å². The summed E-state index contributed by atoms with van der Waals surface area (Å²) in [5.74, 6) is 0.694. The van der Waals surface area contributed by atoms with E-state index in [-0.39, 0.29) is 19.0 Å². The van der Waals surface area contributed by atoms with Crippen molar-refractivity contribution in [2.75, 3.05) is 13.4 Å². The zero-order valence-electron chi connectivity index (χ0n) is 16.5. The molecule has 1 unspecified atom stereocenters. The molecule has 0 fully saturated rings. The number of rotatable bonds is 6. The first-order valence-electron chi connectivity index (χ1n) is 9.67. The Kier molecular flexibility index (Phi) is 5.54. The van der Waals surface area contributed by atoms with E-state index in [0.29, 0.717) is 29.2 Å². The maximum absolute atomic E-state index is 13.2. The third-order valence-corrected chi connectivity index (χ3v) is 5.09. The first kappa shape index (κ1) is 19.7. The number of carbonyl (C=O) groups is 1. The van der Waals surface area contributed by atoms with Crippen LogP contribution in [0.3, 0.4) is 0 Å². The van der Waals surface area contributed by atoms with Crippen molar-refractivity contribution in [3.8, 4) is 17.2 Å². The lowest BCUT2D eigenvalue weighted by Crippen LogP contribution is -2.36. The monoisotopic (exact) mass is 406 g/mol. The van der Waals surface area contributed by atoms with E-state index in [1.165, 1.54) is 4.57 Å². The second-order valence-electron chi connectivity index (χ2n) is 7.04. The number of fused-ring (bicyclic) bond motifs is 1. The summed E-state index contributed by atoms with van der Waals surface area (Å²) in [6.07, 6.45) is 1.98. The molecule has 2 N–H and O–H groups in total. The van der Waals surface area contributed by atoms with Crippen LogP contribution in [0.5, 0.6) is 11.5 Å². The number of amides is 1. The average molecular weight is 406 g/mol. The summed E-state index contributed by atoms with van der Waals surface area (Å²) in [5.41, 5.74) is 1.65. The second-order valence-corrected chi connectivity index (χ2v) is 7.04. The first-order valence-corrected chi connectivity index (χ1v) is 9.67. The maximum Gasteiger partial charge on any atom is 0.268 e. The van der Waals surface area contributed by atoms with E-state index in [4.69, 9.17) is 9.47 Å². The van der Waals surface area contributed by atoms with Crippen LogP contribution in [-0.4, -0.2) is 29.0 Å². The molecule has 0 aliphatic carbocycles. The van der Waals surface area contributed by atoms with Gasteiger partial charge < -0.3 is 19.9 Å². The average Bonchev–Trinajstić information content (AvgIpc) is 3.22. The van der Waals surface area contributed by atoms with Crippen molar-refractivity contribution in [1.29, 1.82) is 0 Å². The van der Waals surface area contributed by atoms with E-state index >= 15 is 0 Å². The normalized spacial score (nSPS) is 13.1. The summed E-state index contributed by atoms with van der Waals surface area (Å²) in [6.45, 7) is 1.78. The molecule has 7 nitrogen and oxygen atoms in total. The van der Waals surface area contributed by atoms with Gasteiger partial charge in [-0.2, -0.15) is 0 Å². The van der Waals surface area contributed by atoms with E-state index in [9.17, 15) is 14.7 Å². The lowest BCUT2D eigenvalue weighted by Gasteiger charge is -2.19. The van der Waals surface area contributed by atoms with E-state index < -0.39 is 17.5 Å².